The van der Waals surface area contributed by atoms with Crippen molar-refractivity contribution in [3.63, 3.8) is 0 Å². The van der Waals surface area contributed by atoms with Crippen LogP contribution in [0.25, 0.3) is 83.6 Å². The zero-order valence-electron chi connectivity index (χ0n) is 34.8. The van der Waals surface area contributed by atoms with Crippen molar-refractivity contribution in [1.82, 2.24) is 14.5 Å². The molecule has 9 aromatic carbocycles. The van der Waals surface area contributed by atoms with Crippen molar-refractivity contribution in [3.8, 4) is 67.9 Å². The summed E-state index contributed by atoms with van der Waals surface area (Å²) in [5, 5.41) is 12.9. The lowest BCUT2D eigenvalue weighted by Crippen LogP contribution is -2.09. The molecule has 5 nitrogen and oxygen atoms in total. The van der Waals surface area contributed by atoms with Crippen LogP contribution in [0.2, 0.25) is 0 Å². The molecule has 5 heteroatoms. The highest BCUT2D eigenvalue weighted by atomic mass is 15.1. The van der Waals surface area contributed by atoms with Gasteiger partial charge >= 0.3 is 0 Å². The van der Waals surface area contributed by atoms with Gasteiger partial charge in [0.25, 0.3) is 0 Å². The highest BCUT2D eigenvalue weighted by Gasteiger charge is 2.18. The molecule has 0 radical (unpaired) electrons. The molecule has 0 saturated heterocycles. The van der Waals surface area contributed by atoms with E-state index in [0.29, 0.717) is 17.1 Å². The fourth-order valence-corrected chi connectivity index (χ4v) is 8.74. The molecule has 0 amide bonds. The third kappa shape index (κ3) is 7.15. The number of nitriles is 1. The molecule has 0 spiro atoms. The van der Waals surface area contributed by atoms with Crippen molar-refractivity contribution in [3.05, 3.63) is 242 Å². The topological polar surface area (TPSA) is 57.7 Å². The van der Waals surface area contributed by atoms with Gasteiger partial charge in [0.1, 0.15) is 0 Å². The van der Waals surface area contributed by atoms with Crippen LogP contribution in [0.4, 0.5) is 17.1 Å². The van der Waals surface area contributed by atoms with Crippen molar-refractivity contribution in [1.29, 1.82) is 5.26 Å². The first-order valence-electron chi connectivity index (χ1n) is 21.4. The molecule has 2 aromatic heterocycles. The summed E-state index contributed by atoms with van der Waals surface area (Å²) >= 11 is 0. The van der Waals surface area contributed by atoms with E-state index in [1.54, 1.807) is 0 Å². The summed E-state index contributed by atoms with van der Waals surface area (Å²) in [4.78, 5) is 12.2. The molecule has 0 aliphatic rings. The maximum Gasteiger partial charge on any atom is 0.160 e. The fourth-order valence-electron chi connectivity index (χ4n) is 8.74. The third-order valence-electron chi connectivity index (χ3n) is 11.9. The van der Waals surface area contributed by atoms with Crippen LogP contribution >= 0.6 is 0 Å². The average molecular weight is 818 g/mol. The summed E-state index contributed by atoms with van der Waals surface area (Å²) in [5.41, 5.74) is 15.7. The van der Waals surface area contributed by atoms with E-state index in [1.165, 1.54) is 10.8 Å². The summed E-state index contributed by atoms with van der Waals surface area (Å²) < 4.78 is 2.36. The minimum Gasteiger partial charge on any atom is -0.310 e. The highest BCUT2D eigenvalue weighted by molar-refractivity contribution is 6.10. The fraction of sp³-hybridized carbons (Fsp3) is 0. The maximum absolute atomic E-state index is 10.4. The van der Waals surface area contributed by atoms with Crippen LogP contribution in [-0.4, -0.2) is 14.5 Å². The Morgan fingerprint density at radius 2 is 0.891 bits per heavy atom. The lowest BCUT2D eigenvalue weighted by molar-refractivity contribution is 1.18. The normalized spacial score (nSPS) is 11.1. The molecular weight excluding hydrogens is 779 g/mol. The van der Waals surface area contributed by atoms with Gasteiger partial charge < -0.3 is 9.47 Å². The molecule has 0 aliphatic heterocycles. The summed E-state index contributed by atoms with van der Waals surface area (Å²) in [6.45, 7) is 0. The summed E-state index contributed by atoms with van der Waals surface area (Å²) in [7, 11) is 0. The smallest absolute Gasteiger partial charge is 0.160 e. The van der Waals surface area contributed by atoms with E-state index in [9.17, 15) is 5.26 Å². The van der Waals surface area contributed by atoms with E-state index in [1.807, 2.05) is 78.9 Å². The monoisotopic (exact) mass is 817 g/mol. The molecule has 0 fully saturated rings. The first-order valence-corrected chi connectivity index (χ1v) is 21.4. The maximum atomic E-state index is 10.4. The molecule has 0 saturated carbocycles. The van der Waals surface area contributed by atoms with Crippen LogP contribution in [0.1, 0.15) is 5.56 Å². The van der Waals surface area contributed by atoms with Crippen molar-refractivity contribution < 1.29 is 0 Å². The van der Waals surface area contributed by atoms with Gasteiger partial charge in [0.15, 0.2) is 5.82 Å². The second-order valence-corrected chi connectivity index (χ2v) is 15.8. The van der Waals surface area contributed by atoms with Crippen molar-refractivity contribution in [2.45, 2.75) is 0 Å². The van der Waals surface area contributed by atoms with Gasteiger partial charge in [-0.25, -0.2) is 9.97 Å². The molecule has 64 heavy (non-hydrogen) atoms. The second-order valence-electron chi connectivity index (χ2n) is 15.8. The van der Waals surface area contributed by atoms with Gasteiger partial charge in [-0.1, -0.05) is 164 Å². The number of anilines is 3. The first kappa shape index (κ1) is 38.1. The van der Waals surface area contributed by atoms with E-state index in [4.69, 9.17) is 9.97 Å². The number of para-hydroxylation sites is 3. The molecule has 0 atom stereocenters. The minimum atomic E-state index is 0.555. The van der Waals surface area contributed by atoms with Gasteiger partial charge in [-0.05, 0) is 95.1 Å². The Balaban J connectivity index is 0.893. The standard InChI is InChI=1S/C59H39N5/c60-40-47-37-46(31-35-52(47)56-39-55(44-15-5-1-6-16-44)61-59(62-56)45-17-7-2-8-18-45)43-27-25-41(26-28-43)42-29-32-50(33-30-42)64-57-24-14-13-23-53(57)54-38-51(34-36-58(54)64)63(48-19-9-3-10-20-48)49-21-11-4-12-22-49/h1-39H. The SMILES string of the molecule is N#Cc1cc(-c2ccc(-c3ccc(-n4c5ccccc5c5cc(N(c6ccccc6)c6ccccc6)ccc54)cc3)cc2)ccc1-c1cc(-c2ccccc2)nc(-c2ccccc2)n1. The number of rotatable bonds is 9. The second kappa shape index (κ2) is 16.5. The van der Waals surface area contributed by atoms with E-state index >= 15 is 0 Å². The van der Waals surface area contributed by atoms with Gasteiger partial charge in [0.2, 0.25) is 0 Å². The first-order chi connectivity index (χ1) is 31.7. The van der Waals surface area contributed by atoms with Crippen LogP contribution in [-0.2, 0) is 0 Å². The zero-order valence-corrected chi connectivity index (χ0v) is 34.8. The Kier molecular flexibility index (Phi) is 9.85. The average Bonchev–Trinajstić information content (AvgIpc) is 3.71. The number of benzene rings is 9. The van der Waals surface area contributed by atoms with Gasteiger partial charge in [-0.3, -0.25) is 0 Å². The Morgan fingerprint density at radius 3 is 1.53 bits per heavy atom. The molecular formula is C59H39N5. The molecule has 0 unspecified atom stereocenters. The van der Waals surface area contributed by atoms with E-state index in [2.05, 4.69) is 173 Å². The van der Waals surface area contributed by atoms with Gasteiger partial charge in [-0.15, -0.1) is 0 Å². The number of hydrogen-bond acceptors (Lipinski definition) is 4. The van der Waals surface area contributed by atoms with E-state index < -0.39 is 0 Å². The number of nitrogens with zero attached hydrogens (tertiary/aromatic N) is 5. The molecule has 0 aliphatic carbocycles. The van der Waals surface area contributed by atoms with Gasteiger partial charge in [0.05, 0.1) is 34.1 Å². The molecule has 300 valence electrons. The molecule has 0 N–H and O–H groups in total. The summed E-state index contributed by atoms with van der Waals surface area (Å²) in [6.07, 6.45) is 0. The van der Waals surface area contributed by atoms with Crippen LogP contribution < -0.4 is 4.90 Å². The number of aromatic nitrogens is 3. The van der Waals surface area contributed by atoms with Crippen LogP contribution in [0.15, 0.2) is 237 Å². The number of fused-ring (bicyclic) bond motifs is 3. The van der Waals surface area contributed by atoms with E-state index in [-0.39, 0.29) is 0 Å². The van der Waals surface area contributed by atoms with Crippen molar-refractivity contribution >= 4 is 38.9 Å². The lowest BCUT2D eigenvalue weighted by atomic mass is 9.95. The minimum absolute atomic E-state index is 0.555. The van der Waals surface area contributed by atoms with Gasteiger partial charge in [-0.2, -0.15) is 5.26 Å². The van der Waals surface area contributed by atoms with Crippen molar-refractivity contribution in [2.75, 3.05) is 4.90 Å². The zero-order chi connectivity index (χ0) is 42.8. The van der Waals surface area contributed by atoms with Crippen LogP contribution in [0.3, 0.4) is 0 Å². The quantitative estimate of drug-likeness (QED) is 0.146. The number of hydrogen-bond donors (Lipinski definition) is 0. The molecule has 11 aromatic rings. The molecule has 0 bridgehead atoms. The van der Waals surface area contributed by atoms with Gasteiger partial charge in [0, 0.05) is 50.2 Å². The lowest BCUT2D eigenvalue weighted by Gasteiger charge is -2.25. The Morgan fingerprint density at radius 1 is 0.375 bits per heavy atom. The third-order valence-corrected chi connectivity index (χ3v) is 11.9. The largest absolute Gasteiger partial charge is 0.310 e. The summed E-state index contributed by atoms with van der Waals surface area (Å²) in [6, 6.07) is 84.4. The van der Waals surface area contributed by atoms with Crippen molar-refractivity contribution in [2.24, 2.45) is 0 Å². The Bertz CT molecular complexity index is 3370. The predicted molar refractivity (Wildman–Crippen MR) is 263 cm³/mol. The van der Waals surface area contributed by atoms with Crippen LogP contribution in [0.5, 0.6) is 0 Å². The predicted octanol–water partition coefficient (Wildman–Crippen LogP) is 15.3. The highest BCUT2D eigenvalue weighted by Crippen LogP contribution is 2.40. The summed E-state index contributed by atoms with van der Waals surface area (Å²) in [5.74, 6) is 0.618. The van der Waals surface area contributed by atoms with E-state index in [0.717, 1.165) is 78.4 Å². The molecule has 2 heterocycles. The Labute approximate surface area is 372 Å². The van der Waals surface area contributed by atoms with Crippen LogP contribution in [0, 0.1) is 11.3 Å². The molecule has 11 rings (SSSR count). The Hall–Kier alpha value is -8.85.